The summed E-state index contributed by atoms with van der Waals surface area (Å²) in [6, 6.07) is 0. The van der Waals surface area contributed by atoms with Gasteiger partial charge in [-0.05, 0) is 85.5 Å². The first kappa shape index (κ1) is 24.2. The molecule has 0 heterocycles. The molecule has 1 N–H and O–H groups in total. The zero-order valence-corrected chi connectivity index (χ0v) is 21.3. The van der Waals surface area contributed by atoms with Gasteiger partial charge in [-0.2, -0.15) is 0 Å². The Bertz CT molecular complexity index is 781. The van der Waals surface area contributed by atoms with Crippen LogP contribution in [0, 0.1) is 40.4 Å². The van der Waals surface area contributed by atoms with Gasteiger partial charge in [0.1, 0.15) is 5.60 Å². The number of aliphatic hydroxyl groups excluding tert-OH is 1. The van der Waals surface area contributed by atoms with Gasteiger partial charge in [-0.1, -0.05) is 65.0 Å². The average molecular weight is 443 g/mol. The van der Waals surface area contributed by atoms with Gasteiger partial charge in [0.15, 0.2) is 0 Å². The molecule has 4 aliphatic rings. The molecular formula is C29H46O3. The SMILES string of the molecule is C=C1[C@@H](O)C[C@@]2(OOC)CC12C/C=C1\CCC[C@]2(C)[C@@H]([C@H](C)/C=C/[C@H](C)C(C)C)CC[C@@H]12. The van der Waals surface area contributed by atoms with Gasteiger partial charge >= 0.3 is 0 Å². The van der Waals surface area contributed by atoms with E-state index in [1.807, 2.05) is 0 Å². The monoisotopic (exact) mass is 442 g/mol. The van der Waals surface area contributed by atoms with Gasteiger partial charge in [-0.25, -0.2) is 9.78 Å². The average Bonchev–Trinajstić information content (AvgIpc) is 3.12. The topological polar surface area (TPSA) is 38.7 Å². The molecule has 0 aromatic carbocycles. The van der Waals surface area contributed by atoms with Crippen LogP contribution in [-0.2, 0) is 9.78 Å². The second-order valence-corrected chi connectivity index (χ2v) is 12.2. The lowest BCUT2D eigenvalue weighted by Gasteiger charge is -2.44. The fourth-order valence-corrected chi connectivity index (χ4v) is 7.76. The van der Waals surface area contributed by atoms with Crippen LogP contribution < -0.4 is 0 Å². The van der Waals surface area contributed by atoms with Crippen molar-refractivity contribution in [1.82, 2.24) is 0 Å². The van der Waals surface area contributed by atoms with Crippen LogP contribution >= 0.6 is 0 Å². The van der Waals surface area contributed by atoms with Crippen LogP contribution in [0.2, 0.25) is 0 Å². The summed E-state index contributed by atoms with van der Waals surface area (Å²) >= 11 is 0. The normalized spacial score (nSPS) is 44.3. The third-order valence-electron chi connectivity index (χ3n) is 10.3. The molecule has 4 aliphatic carbocycles. The zero-order chi connectivity index (χ0) is 23.3. The maximum Gasteiger partial charge on any atom is 0.117 e. The Morgan fingerprint density at radius 1 is 1.19 bits per heavy atom. The fourth-order valence-electron chi connectivity index (χ4n) is 7.76. The van der Waals surface area contributed by atoms with Crippen LogP contribution in [0.5, 0.6) is 0 Å². The number of hydrogen-bond donors (Lipinski definition) is 1. The number of fused-ring (bicyclic) bond motifs is 2. The molecule has 3 nitrogen and oxygen atoms in total. The molecular weight excluding hydrogens is 396 g/mol. The minimum absolute atomic E-state index is 0.135. The maximum absolute atomic E-state index is 10.4. The molecule has 4 fully saturated rings. The third-order valence-corrected chi connectivity index (χ3v) is 10.3. The summed E-state index contributed by atoms with van der Waals surface area (Å²) in [5.74, 6) is 3.46. The van der Waals surface area contributed by atoms with Crippen molar-refractivity contribution in [3.8, 4) is 0 Å². The van der Waals surface area contributed by atoms with E-state index < -0.39 is 6.10 Å². The van der Waals surface area contributed by atoms with Crippen LogP contribution in [0.3, 0.4) is 0 Å². The standard InChI is InChI=1S/C29H46O3/c1-19(2)20(3)10-11-21(4)24-12-13-25-23(9-8-15-27(24,25)6)14-16-28-18-29(28,32-31-7)17-26(30)22(28)5/h10-11,14,19-21,24-26,30H,5,8-9,12-13,15-18H2,1-4,6-7H3/b11-10+,23-14+/t20-,21+,24+,25-,26-,27+,28?,29+/m0/s1. The van der Waals surface area contributed by atoms with Gasteiger partial charge in [0.05, 0.1) is 13.2 Å². The largest absolute Gasteiger partial charge is 0.389 e. The van der Waals surface area contributed by atoms with Crippen LogP contribution in [0.4, 0.5) is 0 Å². The van der Waals surface area contributed by atoms with Crippen LogP contribution in [0.1, 0.15) is 86.0 Å². The summed E-state index contributed by atoms with van der Waals surface area (Å²) in [5.41, 5.74) is 2.52. The van der Waals surface area contributed by atoms with E-state index in [1.165, 1.54) is 32.1 Å². The van der Waals surface area contributed by atoms with E-state index in [4.69, 9.17) is 9.78 Å². The summed E-state index contributed by atoms with van der Waals surface area (Å²) in [5, 5.41) is 10.4. The number of aliphatic hydroxyl groups is 1. The summed E-state index contributed by atoms with van der Waals surface area (Å²) in [6.45, 7) is 16.3. The molecule has 0 radical (unpaired) electrons. The Kier molecular flexibility index (Phi) is 6.59. The zero-order valence-electron chi connectivity index (χ0n) is 21.3. The van der Waals surface area contributed by atoms with Crippen LogP contribution in [-0.4, -0.2) is 23.9 Å². The summed E-state index contributed by atoms with van der Waals surface area (Å²) in [7, 11) is 1.58. The highest BCUT2D eigenvalue weighted by atomic mass is 17.2. The Labute approximate surface area is 196 Å². The van der Waals surface area contributed by atoms with E-state index in [1.54, 1.807) is 12.7 Å². The Hall–Kier alpha value is -0.900. The molecule has 0 spiro atoms. The molecule has 4 rings (SSSR count). The summed E-state index contributed by atoms with van der Waals surface area (Å²) < 4.78 is 0. The van der Waals surface area contributed by atoms with Crippen molar-refractivity contribution in [2.75, 3.05) is 7.11 Å². The minimum Gasteiger partial charge on any atom is -0.389 e. The van der Waals surface area contributed by atoms with E-state index in [0.717, 1.165) is 24.3 Å². The molecule has 0 aromatic heterocycles. The third kappa shape index (κ3) is 3.77. The van der Waals surface area contributed by atoms with E-state index in [-0.39, 0.29) is 11.0 Å². The molecule has 0 aromatic rings. The molecule has 0 amide bonds. The second kappa shape index (κ2) is 8.71. The molecule has 180 valence electrons. The molecule has 1 unspecified atom stereocenters. The lowest BCUT2D eigenvalue weighted by molar-refractivity contribution is -0.322. The van der Waals surface area contributed by atoms with Gasteiger partial charge in [0.2, 0.25) is 0 Å². The van der Waals surface area contributed by atoms with Gasteiger partial charge in [-0.3, -0.25) is 0 Å². The fraction of sp³-hybridized carbons (Fsp3) is 0.793. The van der Waals surface area contributed by atoms with E-state index in [0.29, 0.717) is 35.5 Å². The summed E-state index contributed by atoms with van der Waals surface area (Å²) in [4.78, 5) is 10.8. The highest BCUT2D eigenvalue weighted by Crippen LogP contribution is 2.73. The highest BCUT2D eigenvalue weighted by molar-refractivity contribution is 5.42. The van der Waals surface area contributed by atoms with Crippen LogP contribution in [0.15, 0.2) is 36.0 Å². The molecule has 4 saturated carbocycles. The van der Waals surface area contributed by atoms with Crippen molar-refractivity contribution in [3.05, 3.63) is 36.0 Å². The van der Waals surface area contributed by atoms with Gasteiger partial charge in [-0.15, -0.1) is 0 Å². The summed E-state index contributed by atoms with van der Waals surface area (Å²) in [6.07, 6.45) is 16.0. The van der Waals surface area contributed by atoms with Gasteiger partial charge in [0.25, 0.3) is 0 Å². The first-order valence-electron chi connectivity index (χ1n) is 13.1. The van der Waals surface area contributed by atoms with Gasteiger partial charge in [0, 0.05) is 11.8 Å². The highest BCUT2D eigenvalue weighted by Gasteiger charge is 2.76. The van der Waals surface area contributed by atoms with E-state index in [9.17, 15) is 5.11 Å². The lowest BCUT2D eigenvalue weighted by atomic mass is 9.61. The molecule has 3 heteroatoms. The Morgan fingerprint density at radius 2 is 1.94 bits per heavy atom. The lowest BCUT2D eigenvalue weighted by Crippen LogP contribution is -2.35. The first-order valence-corrected chi connectivity index (χ1v) is 13.1. The Morgan fingerprint density at radius 3 is 2.62 bits per heavy atom. The van der Waals surface area contributed by atoms with Crippen molar-refractivity contribution in [1.29, 1.82) is 0 Å². The van der Waals surface area contributed by atoms with Crippen LogP contribution in [0.25, 0.3) is 0 Å². The molecule has 0 saturated heterocycles. The molecule has 0 aliphatic heterocycles. The van der Waals surface area contributed by atoms with Crippen molar-refractivity contribution in [3.63, 3.8) is 0 Å². The van der Waals surface area contributed by atoms with Gasteiger partial charge < -0.3 is 5.11 Å². The van der Waals surface area contributed by atoms with E-state index >= 15 is 0 Å². The number of rotatable bonds is 8. The van der Waals surface area contributed by atoms with Crippen molar-refractivity contribution < 1.29 is 14.9 Å². The maximum atomic E-state index is 10.4. The smallest absolute Gasteiger partial charge is 0.117 e. The second-order valence-electron chi connectivity index (χ2n) is 12.2. The quantitative estimate of drug-likeness (QED) is 0.249. The Balaban J connectivity index is 1.49. The molecule has 0 bridgehead atoms. The molecule has 32 heavy (non-hydrogen) atoms. The number of allylic oxidation sites excluding steroid dienone is 4. The van der Waals surface area contributed by atoms with Crippen molar-refractivity contribution in [2.24, 2.45) is 40.4 Å². The first-order chi connectivity index (χ1) is 15.1. The minimum atomic E-state index is -0.467. The predicted octanol–water partition coefficient (Wildman–Crippen LogP) is 7.03. The van der Waals surface area contributed by atoms with E-state index in [2.05, 4.69) is 59.4 Å². The predicted molar refractivity (Wildman–Crippen MR) is 131 cm³/mol. The van der Waals surface area contributed by atoms with Crippen molar-refractivity contribution in [2.45, 2.75) is 97.7 Å². The van der Waals surface area contributed by atoms with Crippen molar-refractivity contribution >= 4 is 0 Å². The number of hydrogen-bond acceptors (Lipinski definition) is 3. The molecule has 8 atom stereocenters.